The van der Waals surface area contributed by atoms with E-state index in [4.69, 9.17) is 0 Å². The van der Waals surface area contributed by atoms with E-state index in [1.807, 2.05) is 4.90 Å². The first-order valence-electron chi connectivity index (χ1n) is 9.14. The van der Waals surface area contributed by atoms with Crippen LogP contribution in [0.15, 0.2) is 12.1 Å². The fraction of sp³-hybridized carbons (Fsp3) is 0.684. The van der Waals surface area contributed by atoms with Crippen LogP contribution in [-0.2, 0) is 0 Å². The van der Waals surface area contributed by atoms with Crippen molar-refractivity contribution in [3.05, 3.63) is 29.6 Å². The predicted molar refractivity (Wildman–Crippen MR) is 90.7 cm³/mol. The van der Waals surface area contributed by atoms with Crippen LogP contribution in [0.25, 0.3) is 0 Å². The lowest BCUT2D eigenvalue weighted by Crippen LogP contribution is -2.47. The van der Waals surface area contributed by atoms with Crippen molar-refractivity contribution in [1.29, 1.82) is 0 Å². The Labute approximate surface area is 142 Å². The number of benzene rings is 1. The van der Waals surface area contributed by atoms with Gasteiger partial charge in [0.2, 0.25) is 0 Å². The van der Waals surface area contributed by atoms with Crippen LogP contribution < -0.4 is 4.90 Å². The Morgan fingerprint density at radius 1 is 0.875 bits per heavy atom. The molecule has 2 nitrogen and oxygen atoms in total. The maximum absolute atomic E-state index is 13.9. The highest BCUT2D eigenvalue weighted by Gasteiger charge is 2.23. The van der Waals surface area contributed by atoms with Gasteiger partial charge in [0, 0.05) is 38.3 Å². The zero-order valence-electron chi connectivity index (χ0n) is 14.4. The first-order chi connectivity index (χ1) is 11.5. The van der Waals surface area contributed by atoms with Gasteiger partial charge in [0.05, 0.1) is 5.69 Å². The van der Waals surface area contributed by atoms with Gasteiger partial charge in [-0.15, -0.1) is 0 Å². The van der Waals surface area contributed by atoms with Crippen molar-refractivity contribution in [3.63, 3.8) is 0 Å². The lowest BCUT2D eigenvalue weighted by atomic mass is 9.81. The van der Waals surface area contributed by atoms with Gasteiger partial charge in [-0.2, -0.15) is 0 Å². The molecule has 1 saturated carbocycles. The molecule has 3 rings (SSSR count). The lowest BCUT2D eigenvalue weighted by Gasteiger charge is -2.37. The molecule has 1 heterocycles. The number of halogens is 3. The summed E-state index contributed by atoms with van der Waals surface area (Å²) in [6, 6.07) is 1.62. The van der Waals surface area contributed by atoms with Crippen molar-refractivity contribution < 1.29 is 13.2 Å². The van der Waals surface area contributed by atoms with Gasteiger partial charge in [0.25, 0.3) is 0 Å². The molecule has 1 aliphatic carbocycles. The number of hydrogen-bond acceptors (Lipinski definition) is 2. The first kappa shape index (κ1) is 17.6. The molecule has 1 saturated heterocycles. The van der Waals surface area contributed by atoms with Crippen LogP contribution in [-0.4, -0.2) is 37.6 Å². The standard InChI is InChI=1S/C19H27F3N2/c1-14-2-4-15(5-3-14)6-7-23-8-10-24(11-9-23)19-13-17(21)16(20)12-18(19)22/h12-15H,2-11H2,1H3. The Morgan fingerprint density at radius 3 is 2.17 bits per heavy atom. The highest BCUT2D eigenvalue weighted by molar-refractivity contribution is 5.48. The third kappa shape index (κ3) is 4.24. The van der Waals surface area contributed by atoms with E-state index in [0.717, 1.165) is 37.5 Å². The lowest BCUT2D eigenvalue weighted by molar-refractivity contribution is 0.208. The van der Waals surface area contributed by atoms with Crippen LogP contribution in [0, 0.1) is 29.3 Å². The van der Waals surface area contributed by atoms with E-state index in [-0.39, 0.29) is 5.69 Å². The van der Waals surface area contributed by atoms with Crippen molar-refractivity contribution in [1.82, 2.24) is 4.90 Å². The Bertz CT molecular complexity index is 548. The van der Waals surface area contributed by atoms with Crippen LogP contribution in [0.1, 0.15) is 39.0 Å². The fourth-order valence-corrected chi connectivity index (χ4v) is 3.95. The normalized spacial score (nSPS) is 25.9. The number of rotatable bonds is 4. The third-order valence-corrected chi connectivity index (χ3v) is 5.69. The number of anilines is 1. The molecule has 0 radical (unpaired) electrons. The molecule has 134 valence electrons. The Morgan fingerprint density at radius 2 is 1.50 bits per heavy atom. The van der Waals surface area contributed by atoms with E-state index in [2.05, 4.69) is 11.8 Å². The minimum atomic E-state index is -1.13. The van der Waals surface area contributed by atoms with Crippen LogP contribution in [0.2, 0.25) is 0 Å². The molecule has 24 heavy (non-hydrogen) atoms. The molecule has 0 unspecified atom stereocenters. The van der Waals surface area contributed by atoms with Gasteiger partial charge >= 0.3 is 0 Å². The topological polar surface area (TPSA) is 6.48 Å². The molecule has 0 atom stereocenters. The van der Waals surface area contributed by atoms with Crippen LogP contribution in [0.5, 0.6) is 0 Å². The first-order valence-corrected chi connectivity index (χ1v) is 9.14. The smallest absolute Gasteiger partial charge is 0.161 e. The van der Waals surface area contributed by atoms with Crippen molar-refractivity contribution in [2.24, 2.45) is 11.8 Å². The molecule has 0 spiro atoms. The fourth-order valence-electron chi connectivity index (χ4n) is 3.95. The summed E-state index contributed by atoms with van der Waals surface area (Å²) in [4.78, 5) is 4.23. The molecule has 0 bridgehead atoms. The number of piperazine rings is 1. The SMILES string of the molecule is CC1CCC(CCN2CCN(c3cc(F)c(F)cc3F)CC2)CC1. The average molecular weight is 340 g/mol. The molecule has 5 heteroatoms. The van der Waals surface area contributed by atoms with Gasteiger partial charge in [-0.05, 0) is 24.8 Å². The summed E-state index contributed by atoms with van der Waals surface area (Å²) in [7, 11) is 0. The summed E-state index contributed by atoms with van der Waals surface area (Å²) in [5.74, 6) is -1.06. The number of hydrogen-bond donors (Lipinski definition) is 0. The maximum Gasteiger partial charge on any atom is 0.161 e. The van der Waals surface area contributed by atoms with E-state index in [1.165, 1.54) is 32.1 Å². The van der Waals surface area contributed by atoms with E-state index in [0.29, 0.717) is 19.2 Å². The van der Waals surface area contributed by atoms with Crippen molar-refractivity contribution in [2.75, 3.05) is 37.6 Å². The quantitative estimate of drug-likeness (QED) is 0.748. The van der Waals surface area contributed by atoms with E-state index in [9.17, 15) is 13.2 Å². The Hall–Kier alpha value is -1.23. The molecule has 0 N–H and O–H groups in total. The van der Waals surface area contributed by atoms with Crippen molar-refractivity contribution in [2.45, 2.75) is 39.0 Å². The average Bonchev–Trinajstić information content (AvgIpc) is 2.58. The predicted octanol–water partition coefficient (Wildman–Crippen LogP) is 4.44. The Kier molecular flexibility index (Phi) is 5.69. The second-order valence-corrected chi connectivity index (χ2v) is 7.46. The van der Waals surface area contributed by atoms with Gasteiger partial charge in [0.1, 0.15) is 5.82 Å². The van der Waals surface area contributed by atoms with Crippen LogP contribution in [0.4, 0.5) is 18.9 Å². The molecule has 2 aliphatic rings. The van der Waals surface area contributed by atoms with Gasteiger partial charge in [-0.3, -0.25) is 4.90 Å². The molecule has 0 aromatic heterocycles. The largest absolute Gasteiger partial charge is 0.367 e. The van der Waals surface area contributed by atoms with Gasteiger partial charge in [0.15, 0.2) is 11.6 Å². The minimum Gasteiger partial charge on any atom is -0.367 e. The van der Waals surface area contributed by atoms with Crippen molar-refractivity contribution >= 4 is 5.69 Å². The summed E-state index contributed by atoms with van der Waals surface area (Å²) in [5.41, 5.74) is 0.176. The molecule has 0 amide bonds. The van der Waals surface area contributed by atoms with E-state index >= 15 is 0 Å². The van der Waals surface area contributed by atoms with Gasteiger partial charge in [-0.1, -0.05) is 32.6 Å². The van der Waals surface area contributed by atoms with Gasteiger partial charge in [-0.25, -0.2) is 13.2 Å². The summed E-state index contributed by atoms with van der Waals surface area (Å²) in [5, 5.41) is 0. The number of nitrogens with zero attached hydrogens (tertiary/aromatic N) is 2. The zero-order valence-corrected chi connectivity index (χ0v) is 14.4. The summed E-state index contributed by atoms with van der Waals surface area (Å²) < 4.78 is 40.3. The third-order valence-electron chi connectivity index (χ3n) is 5.69. The molecule has 1 aromatic rings. The maximum atomic E-state index is 13.9. The molecule has 1 aliphatic heterocycles. The summed E-state index contributed by atoms with van der Waals surface area (Å²) in [6.45, 7) is 6.44. The summed E-state index contributed by atoms with van der Waals surface area (Å²) in [6.07, 6.45) is 6.65. The monoisotopic (exact) mass is 340 g/mol. The molecular formula is C19H27F3N2. The minimum absolute atomic E-state index is 0.176. The van der Waals surface area contributed by atoms with Crippen molar-refractivity contribution in [3.8, 4) is 0 Å². The zero-order chi connectivity index (χ0) is 17.1. The Balaban J connectivity index is 1.47. The van der Waals surface area contributed by atoms with Crippen LogP contribution in [0.3, 0.4) is 0 Å². The molecule has 1 aromatic carbocycles. The second-order valence-electron chi connectivity index (χ2n) is 7.46. The molecular weight excluding hydrogens is 313 g/mol. The highest BCUT2D eigenvalue weighted by Crippen LogP contribution is 2.30. The summed E-state index contributed by atoms with van der Waals surface area (Å²) >= 11 is 0. The van der Waals surface area contributed by atoms with E-state index < -0.39 is 17.5 Å². The second kappa shape index (κ2) is 7.77. The van der Waals surface area contributed by atoms with Crippen LogP contribution >= 0.6 is 0 Å². The van der Waals surface area contributed by atoms with E-state index in [1.54, 1.807) is 0 Å². The van der Waals surface area contributed by atoms with Gasteiger partial charge < -0.3 is 4.90 Å². The molecule has 2 fully saturated rings. The highest BCUT2D eigenvalue weighted by atomic mass is 19.2.